The number of benzene rings is 2. The fourth-order valence-corrected chi connectivity index (χ4v) is 5.85. The van der Waals surface area contributed by atoms with Crippen LogP contribution < -0.4 is 4.90 Å². The highest BCUT2D eigenvalue weighted by atomic mass is 35.5. The minimum absolute atomic E-state index is 0.0954. The third kappa shape index (κ3) is 4.42. The molecule has 0 radical (unpaired) electrons. The monoisotopic (exact) mass is 478 g/mol. The third-order valence-electron chi connectivity index (χ3n) is 5.10. The smallest absolute Gasteiger partial charge is 0.289 e. The first-order valence-corrected chi connectivity index (χ1v) is 12.2. The number of rotatable bonds is 5. The third-order valence-corrected chi connectivity index (χ3v) is 8.22. The van der Waals surface area contributed by atoms with Crippen molar-refractivity contribution in [3.8, 4) is 11.3 Å². The highest BCUT2D eigenvalue weighted by molar-refractivity contribution is 7.89. The number of hydrogen-bond acceptors (Lipinski definition) is 7. The largest absolute Gasteiger partial charge is 0.345 e. The lowest BCUT2D eigenvalue weighted by atomic mass is 10.1. The molecule has 0 saturated carbocycles. The standard InChI is InChI=1S/C20H19ClN4O4S2/c1-14-2-4-15(5-3-14)18-13-30-20(22-18)23-8-10-24(11-9-23)31(28,29)16-6-7-17(21)19(12-16)25(26)27/h2-7,12-13H,8-11H2,1H3. The fourth-order valence-electron chi connectivity index (χ4n) is 3.33. The molecule has 162 valence electrons. The number of piperazine rings is 1. The van der Waals surface area contributed by atoms with Gasteiger partial charge >= 0.3 is 0 Å². The maximum atomic E-state index is 13.0. The van der Waals surface area contributed by atoms with Gasteiger partial charge in [-0.1, -0.05) is 41.4 Å². The average Bonchev–Trinajstić information content (AvgIpc) is 3.24. The van der Waals surface area contributed by atoms with Gasteiger partial charge in [0.25, 0.3) is 5.69 Å². The highest BCUT2D eigenvalue weighted by Gasteiger charge is 2.31. The van der Waals surface area contributed by atoms with E-state index in [9.17, 15) is 18.5 Å². The Morgan fingerprint density at radius 2 is 1.77 bits per heavy atom. The molecule has 2 aromatic carbocycles. The second-order valence-corrected chi connectivity index (χ2v) is 10.3. The van der Waals surface area contributed by atoms with Crippen LogP contribution in [0.25, 0.3) is 11.3 Å². The van der Waals surface area contributed by atoms with Crippen molar-refractivity contribution in [2.75, 3.05) is 31.1 Å². The number of nitrogens with zero attached hydrogens (tertiary/aromatic N) is 4. The SMILES string of the molecule is Cc1ccc(-c2csc(N3CCN(S(=O)(=O)c4ccc(Cl)c([N+](=O)[O-])c4)CC3)n2)cc1. The summed E-state index contributed by atoms with van der Waals surface area (Å²) < 4.78 is 27.3. The van der Waals surface area contributed by atoms with Gasteiger partial charge in [-0.3, -0.25) is 10.1 Å². The molecule has 0 spiro atoms. The molecule has 4 rings (SSSR count). The Morgan fingerprint density at radius 3 is 2.42 bits per heavy atom. The second kappa shape index (κ2) is 8.54. The number of aryl methyl sites for hydroxylation is 1. The highest BCUT2D eigenvalue weighted by Crippen LogP contribution is 2.31. The summed E-state index contributed by atoms with van der Waals surface area (Å²) in [6, 6.07) is 11.7. The molecular formula is C20H19ClN4O4S2. The zero-order chi connectivity index (χ0) is 22.2. The van der Waals surface area contributed by atoms with Crippen LogP contribution in [0.2, 0.25) is 5.02 Å². The van der Waals surface area contributed by atoms with Gasteiger partial charge in [0.15, 0.2) is 5.13 Å². The molecule has 0 bridgehead atoms. The van der Waals surface area contributed by atoms with E-state index in [0.29, 0.717) is 13.1 Å². The molecule has 0 atom stereocenters. The lowest BCUT2D eigenvalue weighted by Gasteiger charge is -2.33. The number of anilines is 1. The van der Waals surface area contributed by atoms with Gasteiger partial charge in [-0.2, -0.15) is 4.31 Å². The van der Waals surface area contributed by atoms with Crippen molar-refractivity contribution in [2.24, 2.45) is 0 Å². The molecule has 1 aliphatic heterocycles. The van der Waals surface area contributed by atoms with Gasteiger partial charge in [0.2, 0.25) is 10.0 Å². The summed E-state index contributed by atoms with van der Waals surface area (Å²) in [5.74, 6) is 0. The molecule has 1 aromatic heterocycles. The van der Waals surface area contributed by atoms with Crippen molar-refractivity contribution in [3.63, 3.8) is 0 Å². The van der Waals surface area contributed by atoms with E-state index in [1.54, 1.807) is 0 Å². The first kappa shape index (κ1) is 21.7. The molecule has 0 unspecified atom stereocenters. The number of nitro groups is 1. The summed E-state index contributed by atoms with van der Waals surface area (Å²) in [5, 5.41) is 13.8. The Kier molecular flexibility index (Phi) is 5.98. The van der Waals surface area contributed by atoms with E-state index in [2.05, 4.69) is 4.90 Å². The maximum Gasteiger partial charge on any atom is 0.289 e. The van der Waals surface area contributed by atoms with Crippen LogP contribution in [-0.4, -0.2) is 48.8 Å². The molecule has 11 heteroatoms. The summed E-state index contributed by atoms with van der Waals surface area (Å²) in [7, 11) is -3.86. The first-order valence-electron chi connectivity index (χ1n) is 9.47. The van der Waals surface area contributed by atoms with Gasteiger partial charge < -0.3 is 4.90 Å². The Hall–Kier alpha value is -2.53. The minimum atomic E-state index is -3.86. The van der Waals surface area contributed by atoms with E-state index in [0.717, 1.165) is 22.5 Å². The van der Waals surface area contributed by atoms with Crippen LogP contribution in [0.1, 0.15) is 5.56 Å². The lowest BCUT2D eigenvalue weighted by Crippen LogP contribution is -2.48. The molecule has 3 aromatic rings. The molecule has 0 amide bonds. The fraction of sp³-hybridized carbons (Fsp3) is 0.250. The van der Waals surface area contributed by atoms with Gasteiger partial charge in [0.1, 0.15) is 5.02 Å². The molecule has 1 saturated heterocycles. The second-order valence-electron chi connectivity index (χ2n) is 7.14. The van der Waals surface area contributed by atoms with Crippen molar-refractivity contribution in [3.05, 3.63) is 68.5 Å². The van der Waals surface area contributed by atoms with Crippen LogP contribution in [0.15, 0.2) is 52.7 Å². The predicted molar refractivity (Wildman–Crippen MR) is 121 cm³/mol. The molecule has 2 heterocycles. The van der Waals surface area contributed by atoms with E-state index in [1.807, 2.05) is 36.6 Å². The number of aromatic nitrogens is 1. The quantitative estimate of drug-likeness (QED) is 0.403. The van der Waals surface area contributed by atoms with Crippen LogP contribution in [0.4, 0.5) is 10.8 Å². The minimum Gasteiger partial charge on any atom is -0.345 e. The molecule has 1 aliphatic rings. The van der Waals surface area contributed by atoms with Gasteiger partial charge in [0.05, 0.1) is 15.5 Å². The molecule has 1 fully saturated rings. The number of hydrogen-bond donors (Lipinski definition) is 0. The molecule has 8 nitrogen and oxygen atoms in total. The summed E-state index contributed by atoms with van der Waals surface area (Å²) in [6.45, 7) is 3.52. The number of thiazole rings is 1. The van der Waals surface area contributed by atoms with Gasteiger partial charge in [-0.15, -0.1) is 11.3 Å². The van der Waals surface area contributed by atoms with E-state index in [1.165, 1.54) is 33.3 Å². The van der Waals surface area contributed by atoms with Gasteiger partial charge in [0, 0.05) is 43.2 Å². The topological polar surface area (TPSA) is 96.7 Å². The molecule has 31 heavy (non-hydrogen) atoms. The van der Waals surface area contributed by atoms with Crippen LogP contribution >= 0.6 is 22.9 Å². The van der Waals surface area contributed by atoms with Crippen LogP contribution in [-0.2, 0) is 10.0 Å². The van der Waals surface area contributed by atoms with Crippen molar-refractivity contribution in [1.82, 2.24) is 9.29 Å². The van der Waals surface area contributed by atoms with E-state index in [-0.39, 0.29) is 23.0 Å². The van der Waals surface area contributed by atoms with Crippen molar-refractivity contribution >= 4 is 43.8 Å². The van der Waals surface area contributed by atoms with E-state index < -0.39 is 20.6 Å². The summed E-state index contributed by atoms with van der Waals surface area (Å²) in [4.78, 5) is 17.0. The normalized spacial score (nSPS) is 15.2. The molecular weight excluding hydrogens is 460 g/mol. The van der Waals surface area contributed by atoms with Crippen LogP contribution in [0, 0.1) is 17.0 Å². The summed E-state index contributed by atoms with van der Waals surface area (Å²) in [5.41, 5.74) is 2.69. The Labute approximate surface area is 188 Å². The summed E-state index contributed by atoms with van der Waals surface area (Å²) >= 11 is 7.33. The average molecular weight is 479 g/mol. The molecule has 0 N–H and O–H groups in total. The number of nitro benzene ring substituents is 1. The zero-order valence-electron chi connectivity index (χ0n) is 16.6. The Morgan fingerprint density at radius 1 is 1.10 bits per heavy atom. The molecule has 0 aliphatic carbocycles. The first-order chi connectivity index (χ1) is 14.8. The zero-order valence-corrected chi connectivity index (χ0v) is 19.0. The van der Waals surface area contributed by atoms with Crippen LogP contribution in [0.5, 0.6) is 0 Å². The Balaban J connectivity index is 1.47. The lowest BCUT2D eigenvalue weighted by molar-refractivity contribution is -0.384. The number of halogens is 1. The van der Waals surface area contributed by atoms with Crippen molar-refractivity contribution in [2.45, 2.75) is 11.8 Å². The predicted octanol–water partition coefficient (Wildman–Crippen LogP) is 4.19. The van der Waals surface area contributed by atoms with Crippen molar-refractivity contribution in [1.29, 1.82) is 0 Å². The number of sulfonamides is 1. The Bertz CT molecular complexity index is 1220. The van der Waals surface area contributed by atoms with Crippen molar-refractivity contribution < 1.29 is 13.3 Å². The van der Waals surface area contributed by atoms with Gasteiger partial charge in [-0.05, 0) is 19.1 Å². The van der Waals surface area contributed by atoms with E-state index in [4.69, 9.17) is 16.6 Å². The van der Waals surface area contributed by atoms with Crippen LogP contribution in [0.3, 0.4) is 0 Å². The van der Waals surface area contributed by atoms with E-state index >= 15 is 0 Å². The van der Waals surface area contributed by atoms with Gasteiger partial charge in [-0.25, -0.2) is 13.4 Å². The maximum absolute atomic E-state index is 13.0. The summed E-state index contributed by atoms with van der Waals surface area (Å²) in [6.07, 6.45) is 0.